The normalized spacial score (nSPS) is 11.0. The van der Waals surface area contributed by atoms with Crippen LogP contribution in [0.4, 0.5) is 0 Å². The number of fused-ring (bicyclic) bond motifs is 1. The van der Waals surface area contributed by atoms with Gasteiger partial charge in [-0.2, -0.15) is 5.10 Å². The molecule has 0 aliphatic rings. The van der Waals surface area contributed by atoms with E-state index in [9.17, 15) is 4.79 Å². The summed E-state index contributed by atoms with van der Waals surface area (Å²) in [5.74, 6) is -0.0593. The highest BCUT2D eigenvalue weighted by Crippen LogP contribution is 2.24. The molecule has 0 saturated carbocycles. The molecule has 1 amide bonds. The Morgan fingerprint density at radius 1 is 1.33 bits per heavy atom. The van der Waals surface area contributed by atoms with E-state index in [1.807, 2.05) is 44.6 Å². The number of carbonyl (C=O) groups excluding carboxylic acids is 1. The van der Waals surface area contributed by atoms with Crippen molar-refractivity contribution in [1.29, 1.82) is 0 Å². The number of aryl methyl sites for hydroxylation is 1. The van der Waals surface area contributed by atoms with Gasteiger partial charge in [-0.1, -0.05) is 13.0 Å². The maximum absolute atomic E-state index is 12.0. The first kappa shape index (κ1) is 13.4. The average molecular weight is 282 g/mol. The van der Waals surface area contributed by atoms with Gasteiger partial charge in [0, 0.05) is 36.3 Å². The molecule has 0 unspecified atom stereocenters. The number of hydrogen-bond donors (Lipinski definition) is 2. The quantitative estimate of drug-likeness (QED) is 0.773. The average Bonchev–Trinajstić information content (AvgIpc) is 3.09. The van der Waals surface area contributed by atoms with Crippen LogP contribution in [0.1, 0.15) is 23.8 Å². The van der Waals surface area contributed by atoms with E-state index < -0.39 is 0 Å². The van der Waals surface area contributed by atoms with E-state index in [-0.39, 0.29) is 5.91 Å². The fourth-order valence-corrected chi connectivity index (χ4v) is 2.34. The predicted molar refractivity (Wildman–Crippen MR) is 83.1 cm³/mol. The summed E-state index contributed by atoms with van der Waals surface area (Å²) in [4.78, 5) is 15.1. The summed E-state index contributed by atoms with van der Waals surface area (Å²) in [6.07, 6.45) is 4.74. The second-order valence-corrected chi connectivity index (χ2v) is 5.14. The number of nitrogens with one attached hydrogen (secondary N) is 2. The van der Waals surface area contributed by atoms with Crippen LogP contribution in [0.15, 0.2) is 36.7 Å². The summed E-state index contributed by atoms with van der Waals surface area (Å²) in [5.41, 5.74) is 3.72. The van der Waals surface area contributed by atoms with Gasteiger partial charge in [-0.15, -0.1) is 0 Å². The molecule has 2 aromatic heterocycles. The Bertz CT molecular complexity index is 785. The molecule has 3 aromatic rings. The number of aromatic amines is 1. The van der Waals surface area contributed by atoms with E-state index in [1.165, 1.54) is 0 Å². The SMILES string of the molecule is CCCNC(=O)c1cc2cc(-c3cnn(C)c3)ccc2[nH]1. The van der Waals surface area contributed by atoms with Crippen molar-refractivity contribution in [2.75, 3.05) is 6.54 Å². The van der Waals surface area contributed by atoms with Gasteiger partial charge in [0.25, 0.3) is 5.91 Å². The summed E-state index contributed by atoms with van der Waals surface area (Å²) in [6.45, 7) is 2.72. The van der Waals surface area contributed by atoms with Gasteiger partial charge in [0.15, 0.2) is 0 Å². The Kier molecular flexibility index (Phi) is 3.48. The Hall–Kier alpha value is -2.56. The lowest BCUT2D eigenvalue weighted by molar-refractivity contribution is 0.0949. The maximum atomic E-state index is 12.0. The van der Waals surface area contributed by atoms with E-state index in [0.717, 1.165) is 28.5 Å². The van der Waals surface area contributed by atoms with Crippen molar-refractivity contribution in [1.82, 2.24) is 20.1 Å². The number of carbonyl (C=O) groups is 1. The number of benzene rings is 1. The van der Waals surface area contributed by atoms with Gasteiger partial charge in [0.2, 0.25) is 0 Å². The summed E-state index contributed by atoms with van der Waals surface area (Å²) < 4.78 is 1.78. The minimum Gasteiger partial charge on any atom is -0.351 e. The van der Waals surface area contributed by atoms with Crippen molar-refractivity contribution < 1.29 is 4.79 Å². The zero-order valence-corrected chi connectivity index (χ0v) is 12.2. The largest absolute Gasteiger partial charge is 0.351 e. The maximum Gasteiger partial charge on any atom is 0.267 e. The third-order valence-corrected chi connectivity index (χ3v) is 3.44. The molecule has 0 radical (unpaired) electrons. The summed E-state index contributed by atoms with van der Waals surface area (Å²) in [7, 11) is 1.90. The van der Waals surface area contributed by atoms with Gasteiger partial charge >= 0.3 is 0 Å². The number of amides is 1. The van der Waals surface area contributed by atoms with E-state index in [4.69, 9.17) is 0 Å². The number of aromatic nitrogens is 3. The van der Waals surface area contributed by atoms with Crippen molar-refractivity contribution >= 4 is 16.8 Å². The lowest BCUT2D eigenvalue weighted by atomic mass is 10.1. The van der Waals surface area contributed by atoms with Crippen LogP contribution in [0.2, 0.25) is 0 Å². The molecule has 2 heterocycles. The highest BCUT2D eigenvalue weighted by Gasteiger charge is 2.09. The van der Waals surface area contributed by atoms with Gasteiger partial charge < -0.3 is 10.3 Å². The van der Waals surface area contributed by atoms with Gasteiger partial charge in [0.05, 0.1) is 6.20 Å². The minimum absolute atomic E-state index is 0.0593. The summed E-state index contributed by atoms with van der Waals surface area (Å²) in [6, 6.07) is 7.98. The first-order valence-electron chi connectivity index (χ1n) is 7.07. The molecule has 0 fully saturated rings. The van der Waals surface area contributed by atoms with Crippen LogP contribution in [0.5, 0.6) is 0 Å². The molecule has 0 saturated heterocycles. The van der Waals surface area contributed by atoms with E-state index in [0.29, 0.717) is 12.2 Å². The Morgan fingerprint density at radius 3 is 2.90 bits per heavy atom. The van der Waals surface area contributed by atoms with Crippen LogP contribution < -0.4 is 5.32 Å². The Labute approximate surface area is 123 Å². The molecule has 0 atom stereocenters. The molecule has 2 N–H and O–H groups in total. The van der Waals surface area contributed by atoms with Crippen molar-refractivity contribution in [3.8, 4) is 11.1 Å². The van der Waals surface area contributed by atoms with E-state index in [2.05, 4.69) is 21.5 Å². The van der Waals surface area contributed by atoms with Crippen LogP contribution in [0.3, 0.4) is 0 Å². The highest BCUT2D eigenvalue weighted by molar-refractivity contribution is 5.98. The topological polar surface area (TPSA) is 62.7 Å². The molecule has 0 bridgehead atoms. The molecule has 3 rings (SSSR count). The molecule has 1 aromatic carbocycles. The van der Waals surface area contributed by atoms with Crippen LogP contribution in [-0.2, 0) is 7.05 Å². The molecule has 5 heteroatoms. The summed E-state index contributed by atoms with van der Waals surface area (Å²) in [5, 5.41) is 8.09. The fourth-order valence-electron chi connectivity index (χ4n) is 2.34. The van der Waals surface area contributed by atoms with Crippen molar-refractivity contribution in [2.24, 2.45) is 7.05 Å². The number of H-pyrrole nitrogens is 1. The zero-order valence-electron chi connectivity index (χ0n) is 12.2. The number of nitrogens with zero attached hydrogens (tertiary/aromatic N) is 2. The second-order valence-electron chi connectivity index (χ2n) is 5.14. The molecular weight excluding hydrogens is 264 g/mol. The lowest BCUT2D eigenvalue weighted by Crippen LogP contribution is -2.24. The zero-order chi connectivity index (χ0) is 14.8. The summed E-state index contributed by atoms with van der Waals surface area (Å²) >= 11 is 0. The van der Waals surface area contributed by atoms with Crippen LogP contribution in [0, 0.1) is 0 Å². The molecular formula is C16H18N4O. The fraction of sp³-hybridized carbons (Fsp3) is 0.250. The van der Waals surface area contributed by atoms with Crippen LogP contribution in [-0.4, -0.2) is 27.2 Å². The number of rotatable bonds is 4. The van der Waals surface area contributed by atoms with Gasteiger partial charge in [-0.25, -0.2) is 0 Å². The first-order chi connectivity index (χ1) is 10.2. The molecule has 5 nitrogen and oxygen atoms in total. The standard InChI is InChI=1S/C16H18N4O/c1-3-6-17-16(21)15-8-12-7-11(4-5-14(12)19-15)13-9-18-20(2)10-13/h4-5,7-10,19H,3,6H2,1-2H3,(H,17,21). The van der Waals surface area contributed by atoms with Crippen molar-refractivity contribution in [3.63, 3.8) is 0 Å². The van der Waals surface area contributed by atoms with Gasteiger partial charge in [-0.05, 0) is 30.2 Å². The van der Waals surface area contributed by atoms with Crippen LogP contribution >= 0.6 is 0 Å². The molecule has 0 aliphatic carbocycles. The monoisotopic (exact) mass is 282 g/mol. The Morgan fingerprint density at radius 2 is 2.19 bits per heavy atom. The van der Waals surface area contributed by atoms with Gasteiger partial charge in [-0.3, -0.25) is 9.48 Å². The molecule has 0 aliphatic heterocycles. The lowest BCUT2D eigenvalue weighted by Gasteiger charge is -1.99. The number of hydrogen-bond acceptors (Lipinski definition) is 2. The Balaban J connectivity index is 1.93. The van der Waals surface area contributed by atoms with Crippen molar-refractivity contribution in [3.05, 3.63) is 42.4 Å². The van der Waals surface area contributed by atoms with E-state index >= 15 is 0 Å². The first-order valence-corrected chi connectivity index (χ1v) is 7.07. The predicted octanol–water partition coefficient (Wildman–Crippen LogP) is 2.71. The molecule has 21 heavy (non-hydrogen) atoms. The highest BCUT2D eigenvalue weighted by atomic mass is 16.1. The molecule has 108 valence electrons. The molecule has 0 spiro atoms. The van der Waals surface area contributed by atoms with E-state index in [1.54, 1.807) is 4.68 Å². The third kappa shape index (κ3) is 2.67. The third-order valence-electron chi connectivity index (χ3n) is 3.44. The second kappa shape index (κ2) is 5.44. The smallest absolute Gasteiger partial charge is 0.267 e. The van der Waals surface area contributed by atoms with Crippen molar-refractivity contribution in [2.45, 2.75) is 13.3 Å². The van der Waals surface area contributed by atoms with Crippen LogP contribution in [0.25, 0.3) is 22.0 Å². The van der Waals surface area contributed by atoms with Gasteiger partial charge in [0.1, 0.15) is 5.69 Å². The minimum atomic E-state index is -0.0593.